The van der Waals surface area contributed by atoms with Crippen molar-refractivity contribution in [2.45, 2.75) is 111 Å². The zero-order valence-electron chi connectivity index (χ0n) is 23.3. The van der Waals surface area contributed by atoms with Crippen LogP contribution in [0.25, 0.3) is 0 Å². The molecule has 0 amide bonds. The molecule has 3 fully saturated rings. The summed E-state index contributed by atoms with van der Waals surface area (Å²) in [5.74, 6) is -0.624. The smallest absolute Gasteiger partial charge is 0.303 e. The summed E-state index contributed by atoms with van der Waals surface area (Å²) in [7, 11) is 0. The number of carboxylic acid groups (broad SMARTS) is 1. The zero-order valence-corrected chi connectivity index (χ0v) is 23.3. The minimum absolute atomic E-state index is 0.0517. The number of aliphatic carboxylic acids is 1. The van der Waals surface area contributed by atoms with Gasteiger partial charge in [-0.1, -0.05) is 46.3 Å². The lowest BCUT2D eigenvalue weighted by Gasteiger charge is -2.70. The van der Waals surface area contributed by atoms with Crippen LogP contribution >= 0.6 is 0 Å². The first-order chi connectivity index (χ1) is 16.5. The molecule has 0 aromatic carbocycles. The standard InChI is InChI=1S/C30H50O6/c1-25(17-31)15-20-19-7-8-21-27(3,11-10-24(34)35)22(30(6,36)18-32)9-12-29(21,5)28(19,4)14-13-26(20,2)23(33)16-25/h7,20-23,31-33,36H,8-18H2,1-6H3,(H,34,35)/t20-,21+,22+,23+,25-,26+,27+,28+,29+,30+/m0/s1. The van der Waals surface area contributed by atoms with Crippen LogP contribution in [0.2, 0.25) is 0 Å². The van der Waals surface area contributed by atoms with Gasteiger partial charge in [-0.3, -0.25) is 4.79 Å². The molecule has 0 radical (unpaired) electrons. The van der Waals surface area contributed by atoms with Gasteiger partial charge in [0, 0.05) is 18.4 Å². The normalized spacial score (nSPS) is 50.2. The molecule has 3 saturated carbocycles. The summed E-state index contributed by atoms with van der Waals surface area (Å²) in [6.07, 6.45) is 8.37. The van der Waals surface area contributed by atoms with Crippen molar-refractivity contribution in [3.63, 3.8) is 0 Å². The number of rotatable bonds is 6. The van der Waals surface area contributed by atoms with E-state index in [1.807, 2.05) is 0 Å². The van der Waals surface area contributed by atoms with Crippen molar-refractivity contribution in [2.24, 2.45) is 44.8 Å². The SMILES string of the molecule is C[C@@]1(CO)C[C@@H](O)[C@]2(C)CC[C@]3(C)C(=CC[C@@H]4[C@@](C)(CCC(=O)O)[C@H]([C@](C)(O)CO)CC[C@]43C)[C@@H]2C1. The summed E-state index contributed by atoms with van der Waals surface area (Å²) >= 11 is 0. The first-order valence-corrected chi connectivity index (χ1v) is 14.1. The Morgan fingerprint density at radius 2 is 1.75 bits per heavy atom. The Bertz CT molecular complexity index is 913. The Morgan fingerprint density at radius 1 is 1.08 bits per heavy atom. The molecule has 6 nitrogen and oxygen atoms in total. The Balaban J connectivity index is 1.81. The summed E-state index contributed by atoms with van der Waals surface area (Å²) in [4.78, 5) is 11.7. The maximum absolute atomic E-state index is 11.7. The van der Waals surface area contributed by atoms with Gasteiger partial charge in [-0.05, 0) is 97.7 Å². The molecule has 0 spiro atoms. The maximum atomic E-state index is 11.7. The zero-order chi connectivity index (χ0) is 26.9. The molecule has 10 atom stereocenters. The van der Waals surface area contributed by atoms with E-state index < -0.39 is 23.1 Å². The molecule has 0 unspecified atom stereocenters. The molecule has 0 heterocycles. The van der Waals surface area contributed by atoms with Crippen LogP contribution in [0.4, 0.5) is 0 Å². The first kappa shape index (κ1) is 28.1. The molecule has 0 bridgehead atoms. The molecule has 36 heavy (non-hydrogen) atoms. The molecule has 0 saturated heterocycles. The van der Waals surface area contributed by atoms with E-state index in [4.69, 9.17) is 0 Å². The molecule has 6 heteroatoms. The fraction of sp³-hybridized carbons (Fsp3) is 0.900. The lowest BCUT2D eigenvalue weighted by atomic mass is 9.35. The monoisotopic (exact) mass is 506 g/mol. The summed E-state index contributed by atoms with van der Waals surface area (Å²) in [6.45, 7) is 12.7. The van der Waals surface area contributed by atoms with Crippen molar-refractivity contribution in [2.75, 3.05) is 13.2 Å². The number of aliphatic hydroxyl groups is 4. The van der Waals surface area contributed by atoms with E-state index in [-0.39, 0.29) is 59.0 Å². The second-order valence-electron chi connectivity index (χ2n) is 14.7. The summed E-state index contributed by atoms with van der Waals surface area (Å²) in [6, 6.07) is 0. The van der Waals surface area contributed by atoms with Gasteiger partial charge in [0.05, 0.1) is 18.3 Å². The van der Waals surface area contributed by atoms with Gasteiger partial charge in [-0.2, -0.15) is 0 Å². The van der Waals surface area contributed by atoms with E-state index in [9.17, 15) is 30.3 Å². The van der Waals surface area contributed by atoms with Gasteiger partial charge in [0.25, 0.3) is 0 Å². The van der Waals surface area contributed by atoms with Crippen LogP contribution in [0.1, 0.15) is 99.3 Å². The third-order valence-electron chi connectivity index (χ3n) is 12.6. The van der Waals surface area contributed by atoms with E-state index in [1.54, 1.807) is 6.92 Å². The van der Waals surface area contributed by atoms with Gasteiger partial charge in [0.2, 0.25) is 0 Å². The van der Waals surface area contributed by atoms with Crippen molar-refractivity contribution in [3.8, 4) is 0 Å². The fourth-order valence-electron chi connectivity index (χ4n) is 9.92. The van der Waals surface area contributed by atoms with Gasteiger partial charge in [0.1, 0.15) is 0 Å². The van der Waals surface area contributed by atoms with Gasteiger partial charge < -0.3 is 25.5 Å². The topological polar surface area (TPSA) is 118 Å². The van der Waals surface area contributed by atoms with Crippen LogP contribution in [0, 0.1) is 44.8 Å². The average Bonchev–Trinajstić information content (AvgIpc) is 2.80. The predicted octanol–water partition coefficient (Wildman–Crippen LogP) is 4.54. The lowest BCUT2D eigenvalue weighted by molar-refractivity contribution is -0.201. The molecule has 0 aromatic heterocycles. The largest absolute Gasteiger partial charge is 0.481 e. The Labute approximate surface area is 217 Å². The molecule has 0 aromatic rings. The molecule has 4 aliphatic rings. The third kappa shape index (κ3) is 3.84. The van der Waals surface area contributed by atoms with Crippen LogP contribution in [0.5, 0.6) is 0 Å². The van der Waals surface area contributed by atoms with Crippen LogP contribution in [-0.4, -0.2) is 56.4 Å². The van der Waals surface area contributed by atoms with Crippen molar-refractivity contribution in [1.82, 2.24) is 0 Å². The van der Waals surface area contributed by atoms with Crippen molar-refractivity contribution >= 4 is 5.97 Å². The lowest BCUT2D eigenvalue weighted by Crippen LogP contribution is -2.64. The predicted molar refractivity (Wildman–Crippen MR) is 139 cm³/mol. The van der Waals surface area contributed by atoms with E-state index in [0.29, 0.717) is 12.8 Å². The van der Waals surface area contributed by atoms with Crippen LogP contribution in [-0.2, 0) is 4.79 Å². The number of carboxylic acids is 1. The third-order valence-corrected chi connectivity index (χ3v) is 12.6. The van der Waals surface area contributed by atoms with Gasteiger partial charge in [-0.15, -0.1) is 0 Å². The van der Waals surface area contributed by atoms with Crippen LogP contribution in [0.15, 0.2) is 11.6 Å². The number of fused-ring (bicyclic) bond motifs is 5. The van der Waals surface area contributed by atoms with E-state index in [2.05, 4.69) is 40.7 Å². The summed E-state index contributed by atoms with van der Waals surface area (Å²) in [5, 5.41) is 52.5. The minimum Gasteiger partial charge on any atom is -0.481 e. The van der Waals surface area contributed by atoms with Gasteiger partial charge in [-0.25, -0.2) is 0 Å². The molecule has 0 aliphatic heterocycles. The van der Waals surface area contributed by atoms with E-state index >= 15 is 0 Å². The number of hydrogen-bond acceptors (Lipinski definition) is 5. The Hall–Kier alpha value is -0.950. The van der Waals surface area contributed by atoms with E-state index in [0.717, 1.165) is 38.5 Å². The number of hydrogen-bond donors (Lipinski definition) is 5. The highest BCUT2D eigenvalue weighted by molar-refractivity contribution is 5.66. The molecule has 5 N–H and O–H groups in total. The quantitative estimate of drug-likeness (QED) is 0.338. The highest BCUT2D eigenvalue weighted by atomic mass is 16.4. The molecular weight excluding hydrogens is 456 g/mol. The van der Waals surface area contributed by atoms with Gasteiger partial charge in [0.15, 0.2) is 0 Å². The van der Waals surface area contributed by atoms with Crippen molar-refractivity contribution in [1.29, 1.82) is 0 Å². The summed E-state index contributed by atoms with van der Waals surface area (Å²) in [5.41, 5.74) is -0.960. The maximum Gasteiger partial charge on any atom is 0.303 e. The fourth-order valence-corrected chi connectivity index (χ4v) is 9.92. The van der Waals surface area contributed by atoms with Crippen LogP contribution in [0.3, 0.4) is 0 Å². The average molecular weight is 507 g/mol. The number of aliphatic hydroxyl groups excluding tert-OH is 3. The molecule has 4 aliphatic carbocycles. The number of allylic oxidation sites excluding steroid dienone is 2. The highest BCUT2D eigenvalue weighted by Crippen LogP contribution is 2.74. The second kappa shape index (κ2) is 8.79. The highest BCUT2D eigenvalue weighted by Gasteiger charge is 2.67. The van der Waals surface area contributed by atoms with Gasteiger partial charge >= 0.3 is 5.97 Å². The molecular formula is C30H50O6. The van der Waals surface area contributed by atoms with Crippen molar-refractivity contribution < 1.29 is 30.3 Å². The molecule has 206 valence electrons. The second-order valence-corrected chi connectivity index (χ2v) is 14.7. The first-order valence-electron chi connectivity index (χ1n) is 14.1. The Kier molecular flexibility index (Phi) is 6.85. The molecule has 4 rings (SSSR count). The Morgan fingerprint density at radius 3 is 2.33 bits per heavy atom. The van der Waals surface area contributed by atoms with Crippen molar-refractivity contribution in [3.05, 3.63) is 11.6 Å². The van der Waals surface area contributed by atoms with E-state index in [1.165, 1.54) is 5.57 Å². The number of carbonyl (C=O) groups is 1. The summed E-state index contributed by atoms with van der Waals surface area (Å²) < 4.78 is 0. The van der Waals surface area contributed by atoms with Crippen LogP contribution < -0.4 is 0 Å². The minimum atomic E-state index is -1.26.